The number of hydrogen-bond acceptors (Lipinski definition) is 3. The first-order valence-electron chi connectivity index (χ1n) is 12.1. The summed E-state index contributed by atoms with van der Waals surface area (Å²) >= 11 is 3.54. The molecule has 0 saturated carbocycles. The Kier molecular flexibility index (Phi) is 9.47. The molecule has 0 aromatic heterocycles. The van der Waals surface area contributed by atoms with Crippen molar-refractivity contribution in [3.8, 4) is 5.75 Å². The summed E-state index contributed by atoms with van der Waals surface area (Å²) in [5.41, 5.74) is 0. The first kappa shape index (κ1) is 28.6. The van der Waals surface area contributed by atoms with E-state index in [1.54, 1.807) is 0 Å². The van der Waals surface area contributed by atoms with Crippen LogP contribution in [0, 0.1) is 5.92 Å². The van der Waals surface area contributed by atoms with Gasteiger partial charge < -0.3 is 13.6 Å². The highest BCUT2D eigenvalue weighted by Crippen LogP contribution is 2.38. The average Bonchev–Trinajstić information content (AvgIpc) is 2.68. The van der Waals surface area contributed by atoms with Gasteiger partial charge in [-0.15, -0.1) is 0 Å². The van der Waals surface area contributed by atoms with Crippen molar-refractivity contribution in [1.82, 2.24) is 0 Å². The second-order valence-electron chi connectivity index (χ2n) is 12.3. The maximum absolute atomic E-state index is 6.59. The van der Waals surface area contributed by atoms with E-state index >= 15 is 0 Å². The standard InChI is InChI=1S/C27H45BrO3Si2/c1-26(2,3)32(7,8)30-19-21(20-31-33(9,10)27(4,5)6)15-16-29-25-14-12-22-17-24(28)13-11-23(22)18-25/h11-14,17-18,21H,15-16,19-20H2,1-10H3. The predicted molar refractivity (Wildman–Crippen MR) is 152 cm³/mol. The molecular weight excluding hydrogens is 508 g/mol. The molecule has 0 atom stereocenters. The highest BCUT2D eigenvalue weighted by Gasteiger charge is 2.39. The van der Waals surface area contributed by atoms with Gasteiger partial charge in [0.15, 0.2) is 16.6 Å². The minimum absolute atomic E-state index is 0.203. The number of rotatable bonds is 10. The smallest absolute Gasteiger partial charge is 0.191 e. The molecule has 0 heterocycles. The molecule has 3 nitrogen and oxygen atoms in total. The van der Waals surface area contributed by atoms with Crippen LogP contribution in [0.4, 0.5) is 0 Å². The molecule has 0 spiro atoms. The summed E-state index contributed by atoms with van der Waals surface area (Å²) in [4.78, 5) is 0. The van der Waals surface area contributed by atoms with Gasteiger partial charge in [0.25, 0.3) is 0 Å². The first-order valence-corrected chi connectivity index (χ1v) is 18.7. The van der Waals surface area contributed by atoms with Gasteiger partial charge in [-0.1, -0.05) is 69.6 Å². The summed E-state index contributed by atoms with van der Waals surface area (Å²) < 4.78 is 20.5. The van der Waals surface area contributed by atoms with E-state index in [9.17, 15) is 0 Å². The molecule has 2 aromatic carbocycles. The lowest BCUT2D eigenvalue weighted by molar-refractivity contribution is 0.135. The summed E-state index contributed by atoms with van der Waals surface area (Å²) in [5.74, 6) is 1.24. The Bertz CT molecular complexity index is 884. The second-order valence-corrected chi connectivity index (χ2v) is 22.8. The fraction of sp³-hybridized carbons (Fsp3) is 0.630. The molecule has 33 heavy (non-hydrogen) atoms. The molecule has 0 radical (unpaired) electrons. The molecule has 0 N–H and O–H groups in total. The van der Waals surface area contributed by atoms with Crippen LogP contribution >= 0.6 is 15.9 Å². The number of benzene rings is 2. The summed E-state index contributed by atoms with van der Waals surface area (Å²) in [7, 11) is -3.61. The molecular formula is C27H45BrO3Si2. The van der Waals surface area contributed by atoms with Crippen molar-refractivity contribution in [2.24, 2.45) is 5.92 Å². The Morgan fingerprint density at radius 2 is 1.24 bits per heavy atom. The van der Waals surface area contributed by atoms with Gasteiger partial charge in [0.2, 0.25) is 0 Å². The van der Waals surface area contributed by atoms with Crippen LogP contribution in [0.1, 0.15) is 48.0 Å². The topological polar surface area (TPSA) is 27.7 Å². The fourth-order valence-electron chi connectivity index (χ4n) is 2.93. The van der Waals surface area contributed by atoms with Gasteiger partial charge in [-0.2, -0.15) is 0 Å². The van der Waals surface area contributed by atoms with E-state index in [-0.39, 0.29) is 10.1 Å². The SMILES string of the molecule is CC(C)(C)[Si](C)(C)OCC(CCOc1ccc2cc(Br)ccc2c1)CO[Si](C)(C)C(C)(C)C. The van der Waals surface area contributed by atoms with Crippen LogP contribution in [0.5, 0.6) is 5.75 Å². The van der Waals surface area contributed by atoms with Crippen molar-refractivity contribution < 1.29 is 13.6 Å². The van der Waals surface area contributed by atoms with E-state index in [0.717, 1.165) is 29.9 Å². The highest BCUT2D eigenvalue weighted by atomic mass is 79.9. The number of halogens is 1. The Morgan fingerprint density at radius 1 is 0.758 bits per heavy atom. The Labute approximate surface area is 213 Å². The van der Waals surface area contributed by atoms with Crippen molar-refractivity contribution in [2.45, 2.75) is 84.2 Å². The van der Waals surface area contributed by atoms with Crippen molar-refractivity contribution >= 4 is 43.3 Å². The highest BCUT2D eigenvalue weighted by molar-refractivity contribution is 9.10. The third-order valence-corrected chi connectivity index (χ3v) is 17.0. The van der Waals surface area contributed by atoms with Gasteiger partial charge in [-0.05, 0) is 77.7 Å². The Morgan fingerprint density at radius 3 is 1.76 bits per heavy atom. The van der Waals surface area contributed by atoms with Crippen LogP contribution in [0.2, 0.25) is 36.3 Å². The zero-order valence-electron chi connectivity index (χ0n) is 22.5. The van der Waals surface area contributed by atoms with Crippen molar-refractivity contribution in [2.75, 3.05) is 19.8 Å². The maximum Gasteiger partial charge on any atom is 0.191 e. The molecule has 6 heteroatoms. The number of fused-ring (bicyclic) bond motifs is 1. The molecule has 186 valence electrons. The minimum atomic E-state index is -1.81. The molecule has 0 bridgehead atoms. The average molecular weight is 554 g/mol. The van der Waals surface area contributed by atoms with Gasteiger partial charge in [0, 0.05) is 23.6 Å². The molecule has 0 fully saturated rings. The third-order valence-electron chi connectivity index (χ3n) is 7.54. The normalized spacial score (nSPS) is 13.7. The van der Waals surface area contributed by atoms with Crippen LogP contribution in [0.15, 0.2) is 40.9 Å². The van der Waals surface area contributed by atoms with Gasteiger partial charge >= 0.3 is 0 Å². The quantitative estimate of drug-likeness (QED) is 0.275. The van der Waals surface area contributed by atoms with Gasteiger partial charge in [-0.25, -0.2) is 0 Å². The first-order chi connectivity index (χ1) is 15.0. The minimum Gasteiger partial charge on any atom is -0.494 e. The maximum atomic E-state index is 6.59. The lowest BCUT2D eigenvalue weighted by Gasteiger charge is -2.39. The molecule has 0 unspecified atom stereocenters. The fourth-order valence-corrected chi connectivity index (χ4v) is 5.48. The monoisotopic (exact) mass is 552 g/mol. The van der Waals surface area contributed by atoms with Gasteiger partial charge in [0.05, 0.1) is 6.61 Å². The van der Waals surface area contributed by atoms with Crippen LogP contribution < -0.4 is 4.74 Å². The van der Waals surface area contributed by atoms with Crippen molar-refractivity contribution in [3.63, 3.8) is 0 Å². The Hall–Kier alpha value is -0.666. The lowest BCUT2D eigenvalue weighted by Crippen LogP contribution is -2.44. The van der Waals surface area contributed by atoms with Gasteiger partial charge in [0.1, 0.15) is 5.75 Å². The second kappa shape index (κ2) is 10.9. The molecule has 0 amide bonds. The summed E-state index contributed by atoms with van der Waals surface area (Å²) in [6.45, 7) is 25.2. The van der Waals surface area contributed by atoms with Crippen LogP contribution in [0.3, 0.4) is 0 Å². The molecule has 0 aliphatic carbocycles. The predicted octanol–water partition coefficient (Wildman–Crippen LogP) is 9.03. The van der Waals surface area contributed by atoms with Crippen molar-refractivity contribution in [3.05, 3.63) is 40.9 Å². The lowest BCUT2D eigenvalue weighted by atomic mass is 10.1. The molecule has 0 aliphatic heterocycles. The summed E-state index contributed by atoms with van der Waals surface area (Å²) in [5, 5.41) is 2.80. The van der Waals surface area contributed by atoms with Crippen LogP contribution in [-0.2, 0) is 8.85 Å². The van der Waals surface area contributed by atoms with Crippen LogP contribution in [0.25, 0.3) is 10.8 Å². The zero-order valence-corrected chi connectivity index (χ0v) is 26.1. The molecule has 2 rings (SSSR count). The van der Waals surface area contributed by atoms with E-state index in [1.165, 1.54) is 10.8 Å². The zero-order chi connectivity index (χ0) is 25.1. The number of ether oxygens (including phenoxy) is 1. The largest absolute Gasteiger partial charge is 0.494 e. The molecule has 0 aliphatic rings. The number of hydrogen-bond donors (Lipinski definition) is 0. The van der Waals surface area contributed by atoms with Crippen LogP contribution in [-0.4, -0.2) is 36.5 Å². The summed E-state index contributed by atoms with van der Waals surface area (Å²) in [6.07, 6.45) is 0.918. The van der Waals surface area contributed by atoms with E-state index in [0.29, 0.717) is 12.5 Å². The van der Waals surface area contributed by atoms with E-state index in [1.807, 2.05) is 0 Å². The third kappa shape index (κ3) is 8.20. The Balaban J connectivity index is 2.03. The molecule has 0 saturated heterocycles. The molecule has 2 aromatic rings. The summed E-state index contributed by atoms with van der Waals surface area (Å²) in [6, 6.07) is 12.6. The van der Waals surface area contributed by atoms with E-state index in [2.05, 4.69) is 120 Å². The van der Waals surface area contributed by atoms with E-state index in [4.69, 9.17) is 13.6 Å². The van der Waals surface area contributed by atoms with Crippen molar-refractivity contribution in [1.29, 1.82) is 0 Å². The van der Waals surface area contributed by atoms with Gasteiger partial charge in [-0.3, -0.25) is 0 Å². The van der Waals surface area contributed by atoms with E-state index < -0.39 is 16.6 Å².